The van der Waals surface area contributed by atoms with E-state index in [0.29, 0.717) is 13.1 Å². The zero-order valence-electron chi connectivity index (χ0n) is 10.7. The van der Waals surface area contributed by atoms with Crippen LogP contribution in [0.1, 0.15) is 20.3 Å². The van der Waals surface area contributed by atoms with Crippen molar-refractivity contribution in [3.63, 3.8) is 0 Å². The first kappa shape index (κ1) is 17.1. The zero-order valence-corrected chi connectivity index (χ0v) is 12.3. The maximum atomic E-state index is 11.9. The Hall–Kier alpha value is 0.120. The van der Waals surface area contributed by atoms with Crippen molar-refractivity contribution in [2.45, 2.75) is 26.3 Å². The molecule has 1 aliphatic heterocycles. The lowest BCUT2D eigenvalue weighted by Crippen LogP contribution is -2.54. The average Bonchev–Trinajstić information content (AvgIpc) is 2.19. The summed E-state index contributed by atoms with van der Waals surface area (Å²) in [6.45, 7) is 5.29. The van der Waals surface area contributed by atoms with Gasteiger partial charge in [-0.2, -0.15) is 0 Å². The van der Waals surface area contributed by atoms with E-state index < -0.39 is 10.0 Å². The molecule has 0 bridgehead atoms. The van der Waals surface area contributed by atoms with E-state index >= 15 is 0 Å². The molecule has 1 unspecified atom stereocenters. The highest BCUT2D eigenvalue weighted by Gasteiger charge is 2.37. The quantitative estimate of drug-likeness (QED) is 0.814. The van der Waals surface area contributed by atoms with Gasteiger partial charge in [-0.25, -0.2) is 12.7 Å². The fourth-order valence-electron chi connectivity index (χ4n) is 1.88. The third kappa shape index (κ3) is 4.37. The number of ether oxygens (including phenoxy) is 1. The lowest BCUT2D eigenvalue weighted by molar-refractivity contribution is 0.153. The van der Waals surface area contributed by atoms with E-state index in [-0.39, 0.29) is 36.2 Å². The van der Waals surface area contributed by atoms with Gasteiger partial charge in [-0.1, -0.05) is 13.8 Å². The normalized spacial score (nSPS) is 25.3. The predicted octanol–water partition coefficient (Wildman–Crippen LogP) is 0.444. The van der Waals surface area contributed by atoms with Gasteiger partial charge in [0.05, 0.1) is 12.4 Å². The molecule has 1 fully saturated rings. The molecule has 0 aromatic heterocycles. The molecule has 1 aliphatic rings. The number of nitrogens with zero attached hydrogens (tertiary/aromatic N) is 1. The summed E-state index contributed by atoms with van der Waals surface area (Å²) in [6, 6.07) is 0.0707. The van der Waals surface area contributed by atoms with Crippen LogP contribution in [0.2, 0.25) is 0 Å². The summed E-state index contributed by atoms with van der Waals surface area (Å²) in [4.78, 5) is 0. The molecular formula is C10H23ClN2O3S. The summed E-state index contributed by atoms with van der Waals surface area (Å²) in [6.07, 6.45) is 0.721. The topological polar surface area (TPSA) is 72.6 Å². The first-order valence-corrected chi connectivity index (χ1v) is 7.13. The number of nitrogens with two attached hydrogens (primary N) is 1. The van der Waals surface area contributed by atoms with E-state index in [1.165, 1.54) is 11.4 Å². The van der Waals surface area contributed by atoms with Gasteiger partial charge < -0.3 is 10.5 Å². The van der Waals surface area contributed by atoms with Gasteiger partial charge in [0, 0.05) is 26.2 Å². The highest BCUT2D eigenvalue weighted by molar-refractivity contribution is 7.89. The first-order chi connectivity index (χ1) is 7.29. The summed E-state index contributed by atoms with van der Waals surface area (Å²) in [7, 11) is -1.68. The monoisotopic (exact) mass is 286 g/mol. The molecule has 1 saturated heterocycles. The van der Waals surface area contributed by atoms with Gasteiger partial charge in [0.25, 0.3) is 0 Å². The summed E-state index contributed by atoms with van der Waals surface area (Å²) in [5.41, 5.74) is 5.82. The number of hydrogen-bond donors (Lipinski definition) is 1. The maximum absolute atomic E-state index is 11.9. The van der Waals surface area contributed by atoms with Crippen molar-refractivity contribution in [3.8, 4) is 0 Å². The van der Waals surface area contributed by atoms with E-state index in [9.17, 15) is 8.42 Å². The van der Waals surface area contributed by atoms with E-state index in [4.69, 9.17) is 10.5 Å². The van der Waals surface area contributed by atoms with Crippen LogP contribution in [-0.2, 0) is 14.8 Å². The predicted molar refractivity (Wildman–Crippen MR) is 70.9 cm³/mol. The Bertz CT molecular complexity index is 332. The van der Waals surface area contributed by atoms with Crippen LogP contribution >= 0.6 is 12.4 Å². The van der Waals surface area contributed by atoms with Crippen molar-refractivity contribution < 1.29 is 13.2 Å². The maximum Gasteiger partial charge on any atom is 0.216 e. The summed E-state index contributed by atoms with van der Waals surface area (Å²) in [5, 5.41) is 0. The zero-order chi connectivity index (χ0) is 12.4. The van der Waals surface area contributed by atoms with Gasteiger partial charge in [-0.3, -0.25) is 0 Å². The highest BCUT2D eigenvalue weighted by Crippen LogP contribution is 2.29. The molecule has 7 heteroatoms. The molecule has 0 amide bonds. The second-order valence-corrected chi connectivity index (χ2v) is 7.11. The van der Waals surface area contributed by atoms with Crippen molar-refractivity contribution in [1.29, 1.82) is 0 Å². The second kappa shape index (κ2) is 6.33. The largest absolute Gasteiger partial charge is 0.384 e. The molecular weight excluding hydrogens is 264 g/mol. The number of halogens is 1. The number of hydrogen-bond acceptors (Lipinski definition) is 4. The Morgan fingerprint density at radius 3 is 2.53 bits per heavy atom. The van der Waals surface area contributed by atoms with Gasteiger partial charge in [0.2, 0.25) is 10.0 Å². The molecule has 17 heavy (non-hydrogen) atoms. The Balaban J connectivity index is 0.00000256. The van der Waals surface area contributed by atoms with E-state index in [1.54, 1.807) is 0 Å². The van der Waals surface area contributed by atoms with Crippen LogP contribution in [0.15, 0.2) is 0 Å². The third-order valence-electron chi connectivity index (χ3n) is 3.22. The minimum atomic E-state index is -3.19. The number of piperidine rings is 1. The Kier molecular flexibility index (Phi) is 6.38. The van der Waals surface area contributed by atoms with Gasteiger partial charge >= 0.3 is 0 Å². The molecule has 1 rings (SSSR count). The van der Waals surface area contributed by atoms with Crippen LogP contribution in [0.4, 0.5) is 0 Å². The van der Waals surface area contributed by atoms with Gasteiger partial charge in [-0.05, 0) is 11.8 Å². The molecule has 5 nitrogen and oxygen atoms in total. The van der Waals surface area contributed by atoms with Crippen LogP contribution in [0.25, 0.3) is 0 Å². The summed E-state index contributed by atoms with van der Waals surface area (Å²) >= 11 is 0. The van der Waals surface area contributed by atoms with Crippen LogP contribution in [-0.4, -0.2) is 51.3 Å². The summed E-state index contributed by atoms with van der Waals surface area (Å²) < 4.78 is 30.2. The number of sulfonamides is 1. The molecule has 1 atom stereocenters. The second-order valence-electron chi connectivity index (χ2n) is 5.03. The van der Waals surface area contributed by atoms with E-state index in [0.717, 1.165) is 6.42 Å². The van der Waals surface area contributed by atoms with Crippen molar-refractivity contribution >= 4 is 22.4 Å². The number of methoxy groups -OCH3 is 1. The van der Waals surface area contributed by atoms with Crippen molar-refractivity contribution in [1.82, 2.24) is 4.31 Å². The third-order valence-corrected chi connectivity index (χ3v) is 5.00. The van der Waals surface area contributed by atoms with Gasteiger partial charge in [0.1, 0.15) is 0 Å². The van der Waals surface area contributed by atoms with E-state index in [1.807, 2.05) is 13.8 Å². The molecule has 0 aromatic rings. The lowest BCUT2D eigenvalue weighted by Gasteiger charge is -2.41. The smallest absolute Gasteiger partial charge is 0.216 e. The molecule has 0 aliphatic carbocycles. The molecule has 1 heterocycles. The Morgan fingerprint density at radius 1 is 1.47 bits per heavy atom. The molecule has 0 aromatic carbocycles. The number of rotatable bonds is 4. The van der Waals surface area contributed by atoms with Gasteiger partial charge in [0.15, 0.2) is 0 Å². The minimum Gasteiger partial charge on any atom is -0.384 e. The van der Waals surface area contributed by atoms with Crippen molar-refractivity contribution in [3.05, 3.63) is 0 Å². The lowest BCUT2D eigenvalue weighted by atomic mass is 9.81. The standard InChI is InChI=1S/C10H22N2O3S.ClH/c1-10(2)8-12(5-4-9(10)11)16(13,14)7-6-15-3;/h9H,4-8,11H2,1-3H3;1H. The minimum absolute atomic E-state index is 0. The summed E-state index contributed by atoms with van der Waals surface area (Å²) in [5.74, 6) is 0.0504. The van der Waals surface area contributed by atoms with Crippen LogP contribution < -0.4 is 5.73 Å². The molecule has 0 spiro atoms. The molecule has 0 saturated carbocycles. The van der Waals surface area contributed by atoms with Crippen LogP contribution in [0.5, 0.6) is 0 Å². The fourth-order valence-corrected chi connectivity index (χ4v) is 3.43. The van der Waals surface area contributed by atoms with Crippen molar-refractivity contribution in [2.24, 2.45) is 11.1 Å². The van der Waals surface area contributed by atoms with Crippen molar-refractivity contribution in [2.75, 3.05) is 32.6 Å². The fraction of sp³-hybridized carbons (Fsp3) is 1.00. The SMILES string of the molecule is COCCS(=O)(=O)N1CCC(N)C(C)(C)C1.Cl. The van der Waals surface area contributed by atoms with Crippen LogP contribution in [0.3, 0.4) is 0 Å². The Labute approximate surface area is 110 Å². The van der Waals surface area contributed by atoms with Gasteiger partial charge in [-0.15, -0.1) is 12.4 Å². The molecule has 0 radical (unpaired) electrons. The molecule has 2 N–H and O–H groups in total. The van der Waals surface area contributed by atoms with E-state index in [2.05, 4.69) is 0 Å². The van der Waals surface area contributed by atoms with Crippen LogP contribution in [0, 0.1) is 5.41 Å². The first-order valence-electron chi connectivity index (χ1n) is 5.52. The Morgan fingerprint density at radius 2 is 2.06 bits per heavy atom. The molecule has 104 valence electrons. The highest BCUT2D eigenvalue weighted by atomic mass is 35.5. The average molecular weight is 287 g/mol.